The minimum Gasteiger partial charge on any atom is -0.304 e. The lowest BCUT2D eigenvalue weighted by Crippen LogP contribution is -2.43. The average molecular weight is 425 g/mol. The van der Waals surface area contributed by atoms with Crippen molar-refractivity contribution in [2.24, 2.45) is 0 Å². The van der Waals surface area contributed by atoms with Crippen LogP contribution in [0.5, 0.6) is 0 Å². The van der Waals surface area contributed by atoms with Gasteiger partial charge in [0.05, 0.1) is 11.7 Å². The van der Waals surface area contributed by atoms with Crippen LogP contribution in [-0.4, -0.2) is 62.6 Å². The van der Waals surface area contributed by atoms with E-state index < -0.39 is 0 Å². The van der Waals surface area contributed by atoms with Crippen LogP contribution in [0.25, 0.3) is 22.2 Å². The molecule has 4 aromatic rings. The highest BCUT2D eigenvalue weighted by molar-refractivity contribution is 5.85. The highest BCUT2D eigenvalue weighted by Gasteiger charge is 2.16. The van der Waals surface area contributed by atoms with Gasteiger partial charge in [0.1, 0.15) is 0 Å². The summed E-state index contributed by atoms with van der Waals surface area (Å²) in [6.07, 6.45) is 9.54. The zero-order valence-corrected chi connectivity index (χ0v) is 18.7. The van der Waals surface area contributed by atoms with Gasteiger partial charge in [-0.1, -0.05) is 12.6 Å². The second-order valence-corrected chi connectivity index (χ2v) is 8.58. The van der Waals surface area contributed by atoms with Gasteiger partial charge < -0.3 is 4.90 Å². The van der Waals surface area contributed by atoms with Crippen molar-refractivity contribution >= 4 is 11.1 Å². The lowest BCUT2D eigenvalue weighted by molar-refractivity contribution is 0.148. The summed E-state index contributed by atoms with van der Waals surface area (Å²) in [6.45, 7) is 11.8. The Labute approximate surface area is 188 Å². The van der Waals surface area contributed by atoms with Crippen molar-refractivity contribution in [1.82, 2.24) is 29.4 Å². The van der Waals surface area contributed by atoms with E-state index in [-0.39, 0.29) is 0 Å². The van der Waals surface area contributed by atoms with Crippen LogP contribution in [0.2, 0.25) is 0 Å². The molecule has 0 aliphatic carbocycles. The average Bonchev–Trinajstić information content (AvgIpc) is 3.25. The van der Waals surface area contributed by atoms with Gasteiger partial charge in [-0.25, -0.2) is 4.52 Å². The van der Waals surface area contributed by atoms with Crippen LogP contribution in [0.3, 0.4) is 0 Å². The highest BCUT2D eigenvalue weighted by atomic mass is 15.2. The van der Waals surface area contributed by atoms with Crippen LogP contribution in [0.15, 0.2) is 67.9 Å². The van der Waals surface area contributed by atoms with E-state index in [0.717, 1.165) is 71.8 Å². The molecular weight excluding hydrogens is 396 g/mol. The molecule has 5 heterocycles. The van der Waals surface area contributed by atoms with Crippen molar-refractivity contribution in [1.29, 1.82) is 0 Å². The van der Waals surface area contributed by atoms with Gasteiger partial charge in [-0.15, -0.1) is 0 Å². The van der Waals surface area contributed by atoms with Crippen molar-refractivity contribution < 1.29 is 0 Å². The number of fused-ring (bicyclic) bond motifs is 1. The first-order valence-electron chi connectivity index (χ1n) is 11.0. The minimum atomic E-state index is 0.925. The van der Waals surface area contributed by atoms with Crippen molar-refractivity contribution in [3.05, 3.63) is 90.3 Å². The summed E-state index contributed by atoms with van der Waals surface area (Å²) in [5.41, 5.74) is 8.54. The standard InChI is InChI=1S/C26H28N6/c1-19(24-13-21(15-28-20(24)2)18-31-11-9-30(3)10-12-31)22-6-8-32-26(14-22)25(17-29-32)23-5-4-7-27-16-23/h4-8,13-17H,1,9-12,18H2,2-3H3. The fourth-order valence-corrected chi connectivity index (χ4v) is 4.30. The topological polar surface area (TPSA) is 49.6 Å². The van der Waals surface area contributed by atoms with Crippen LogP contribution < -0.4 is 0 Å². The SMILES string of the molecule is C=C(c1ccn2ncc(-c3cccnc3)c2c1)c1cc(CN2CCN(C)CC2)cnc1C. The zero-order chi connectivity index (χ0) is 22.1. The van der Waals surface area contributed by atoms with Crippen LogP contribution in [0.4, 0.5) is 0 Å². The third kappa shape index (κ3) is 4.07. The quantitative estimate of drug-likeness (QED) is 0.486. The molecule has 0 aromatic carbocycles. The van der Waals surface area contributed by atoms with Crippen LogP contribution in [-0.2, 0) is 6.54 Å². The lowest BCUT2D eigenvalue weighted by atomic mass is 9.97. The molecule has 0 atom stereocenters. The van der Waals surface area contributed by atoms with Crippen LogP contribution in [0.1, 0.15) is 22.4 Å². The summed E-state index contributed by atoms with van der Waals surface area (Å²) >= 11 is 0. The van der Waals surface area contributed by atoms with Crippen LogP contribution >= 0.6 is 0 Å². The Morgan fingerprint density at radius 3 is 2.69 bits per heavy atom. The maximum Gasteiger partial charge on any atom is 0.0746 e. The molecule has 0 bridgehead atoms. The smallest absolute Gasteiger partial charge is 0.0746 e. The van der Waals surface area contributed by atoms with Gasteiger partial charge in [-0.2, -0.15) is 5.10 Å². The molecular formula is C26H28N6. The molecule has 0 spiro atoms. The Morgan fingerprint density at radius 1 is 1.06 bits per heavy atom. The van der Waals surface area contributed by atoms with Gasteiger partial charge >= 0.3 is 0 Å². The number of rotatable bonds is 5. The molecule has 0 unspecified atom stereocenters. The molecule has 32 heavy (non-hydrogen) atoms. The molecule has 4 aromatic heterocycles. The Hall–Kier alpha value is -3.35. The molecule has 0 radical (unpaired) electrons. The lowest BCUT2D eigenvalue weighted by Gasteiger charge is -2.32. The third-order valence-corrected chi connectivity index (χ3v) is 6.31. The molecule has 6 heteroatoms. The van der Waals surface area contributed by atoms with Gasteiger partial charge in [-0.05, 0) is 54.9 Å². The van der Waals surface area contributed by atoms with Crippen molar-refractivity contribution in [3.8, 4) is 11.1 Å². The van der Waals surface area contributed by atoms with Gasteiger partial charge in [0.2, 0.25) is 0 Å². The second-order valence-electron chi connectivity index (χ2n) is 8.58. The number of aryl methyl sites for hydroxylation is 1. The summed E-state index contributed by atoms with van der Waals surface area (Å²) in [5.74, 6) is 0. The van der Waals surface area contributed by atoms with Gasteiger partial charge in [-0.3, -0.25) is 14.9 Å². The molecule has 1 fully saturated rings. The first-order chi connectivity index (χ1) is 15.6. The summed E-state index contributed by atoms with van der Waals surface area (Å²) in [5, 5.41) is 4.51. The molecule has 1 aliphatic heterocycles. The number of pyridine rings is 3. The normalized spacial score (nSPS) is 15.3. The highest BCUT2D eigenvalue weighted by Crippen LogP contribution is 2.29. The fraction of sp³-hybridized carbons (Fsp3) is 0.269. The molecule has 1 saturated heterocycles. The minimum absolute atomic E-state index is 0.925. The number of hydrogen-bond acceptors (Lipinski definition) is 5. The molecule has 6 nitrogen and oxygen atoms in total. The maximum atomic E-state index is 4.70. The monoisotopic (exact) mass is 424 g/mol. The Balaban J connectivity index is 1.45. The number of piperazine rings is 1. The van der Waals surface area contributed by atoms with Crippen molar-refractivity contribution in [3.63, 3.8) is 0 Å². The van der Waals surface area contributed by atoms with E-state index in [0.29, 0.717) is 0 Å². The van der Waals surface area contributed by atoms with Gasteiger partial charge in [0.25, 0.3) is 0 Å². The number of hydrogen-bond donors (Lipinski definition) is 0. The summed E-state index contributed by atoms with van der Waals surface area (Å²) in [4.78, 5) is 13.8. The Kier molecular flexibility index (Phi) is 5.55. The molecule has 162 valence electrons. The molecule has 0 N–H and O–H groups in total. The largest absolute Gasteiger partial charge is 0.304 e. The van der Waals surface area contributed by atoms with E-state index in [1.807, 2.05) is 35.4 Å². The van der Waals surface area contributed by atoms with E-state index >= 15 is 0 Å². The molecule has 0 saturated carbocycles. The summed E-state index contributed by atoms with van der Waals surface area (Å²) in [7, 11) is 2.18. The number of nitrogens with zero attached hydrogens (tertiary/aromatic N) is 6. The Morgan fingerprint density at radius 2 is 1.91 bits per heavy atom. The van der Waals surface area contributed by atoms with E-state index in [1.165, 1.54) is 5.56 Å². The predicted octanol–water partition coefficient (Wildman–Crippen LogP) is 3.91. The third-order valence-electron chi connectivity index (χ3n) is 6.31. The Bertz CT molecular complexity index is 1250. The zero-order valence-electron chi connectivity index (χ0n) is 18.7. The van der Waals surface area contributed by atoms with Crippen molar-refractivity contribution in [2.75, 3.05) is 33.2 Å². The van der Waals surface area contributed by atoms with Gasteiger partial charge in [0, 0.05) is 79.9 Å². The first kappa shape index (κ1) is 20.5. The summed E-state index contributed by atoms with van der Waals surface area (Å²) < 4.78 is 1.90. The van der Waals surface area contributed by atoms with Crippen molar-refractivity contribution in [2.45, 2.75) is 13.5 Å². The molecule has 1 aliphatic rings. The second kappa shape index (κ2) is 8.65. The first-order valence-corrected chi connectivity index (χ1v) is 11.0. The van der Waals surface area contributed by atoms with E-state index in [1.54, 1.807) is 6.20 Å². The number of aromatic nitrogens is 4. The fourth-order valence-electron chi connectivity index (χ4n) is 4.30. The molecule has 0 amide bonds. The van der Waals surface area contributed by atoms with E-state index in [2.05, 4.69) is 64.7 Å². The van der Waals surface area contributed by atoms with E-state index in [4.69, 9.17) is 4.98 Å². The predicted molar refractivity (Wildman–Crippen MR) is 128 cm³/mol. The number of likely N-dealkylation sites (N-methyl/N-ethyl adjacent to an activating group) is 1. The van der Waals surface area contributed by atoms with Crippen LogP contribution in [0, 0.1) is 6.92 Å². The van der Waals surface area contributed by atoms with E-state index in [9.17, 15) is 0 Å². The maximum absolute atomic E-state index is 4.70. The summed E-state index contributed by atoms with van der Waals surface area (Å²) in [6, 6.07) is 10.5. The van der Waals surface area contributed by atoms with Gasteiger partial charge in [0.15, 0.2) is 0 Å². The molecule has 5 rings (SSSR count).